The maximum absolute atomic E-state index is 13.1. The highest BCUT2D eigenvalue weighted by Gasteiger charge is 2.07. The fraction of sp³-hybridized carbons (Fsp3) is 0. The molecule has 5 heteroatoms. The molecule has 1 aromatic heterocycles. The van der Waals surface area contributed by atoms with Gasteiger partial charge in [-0.1, -0.05) is 0 Å². The Labute approximate surface area is 92.3 Å². The third kappa shape index (κ3) is 1.53. The molecule has 0 saturated carbocycles. The quantitative estimate of drug-likeness (QED) is 0.796. The molecule has 0 bridgehead atoms. The van der Waals surface area contributed by atoms with Crippen LogP contribution in [-0.4, -0.2) is 4.98 Å². The van der Waals surface area contributed by atoms with Crippen LogP contribution in [0.25, 0.3) is 10.9 Å². The molecule has 1 aromatic carbocycles. The molecule has 0 aliphatic heterocycles. The summed E-state index contributed by atoms with van der Waals surface area (Å²) in [5, 5.41) is 8.94. The van der Waals surface area contributed by atoms with E-state index in [1.165, 1.54) is 18.3 Å². The summed E-state index contributed by atoms with van der Waals surface area (Å²) < 4.78 is 13.3. The smallest absolute Gasteiger partial charge is 0.207 e. The summed E-state index contributed by atoms with van der Waals surface area (Å²) >= 11 is 2.99. The summed E-state index contributed by atoms with van der Waals surface area (Å²) in [4.78, 5) is 14.3. The molecule has 0 saturated heterocycles. The normalized spacial score (nSPS) is 10.2. The van der Waals surface area contributed by atoms with Crippen molar-refractivity contribution in [1.82, 2.24) is 4.98 Å². The second-order valence-electron chi connectivity index (χ2n) is 2.96. The lowest BCUT2D eigenvalue weighted by Gasteiger charge is -2.00. The number of hydrogen-bond donors (Lipinski definition) is 1. The van der Waals surface area contributed by atoms with Gasteiger partial charge in [0.05, 0.1) is 9.99 Å². The molecule has 0 amide bonds. The average molecular weight is 267 g/mol. The van der Waals surface area contributed by atoms with Crippen LogP contribution < -0.4 is 5.43 Å². The molecule has 15 heavy (non-hydrogen) atoms. The van der Waals surface area contributed by atoms with E-state index in [1.807, 2.05) is 0 Å². The van der Waals surface area contributed by atoms with E-state index in [0.717, 1.165) is 0 Å². The highest BCUT2D eigenvalue weighted by atomic mass is 79.9. The van der Waals surface area contributed by atoms with Crippen molar-refractivity contribution < 1.29 is 4.39 Å². The minimum atomic E-state index is -0.456. The molecular weight excluding hydrogens is 263 g/mol. The van der Waals surface area contributed by atoms with Crippen LogP contribution in [0.2, 0.25) is 0 Å². The Morgan fingerprint density at radius 3 is 2.87 bits per heavy atom. The SMILES string of the molecule is N#Cc1c[nH]c2cc(F)c(Br)cc2c1=O. The number of fused-ring (bicyclic) bond motifs is 1. The molecule has 2 rings (SSSR count). The van der Waals surface area contributed by atoms with Crippen LogP contribution in [0.15, 0.2) is 27.6 Å². The average Bonchev–Trinajstić information content (AvgIpc) is 2.22. The number of nitriles is 1. The molecule has 0 spiro atoms. The topological polar surface area (TPSA) is 56.6 Å². The van der Waals surface area contributed by atoms with Crippen molar-refractivity contribution in [3.63, 3.8) is 0 Å². The first-order valence-corrected chi connectivity index (χ1v) is 4.83. The fourth-order valence-corrected chi connectivity index (χ4v) is 1.64. The van der Waals surface area contributed by atoms with Gasteiger partial charge in [-0.2, -0.15) is 5.26 Å². The molecule has 74 valence electrons. The summed E-state index contributed by atoms with van der Waals surface area (Å²) in [6, 6.07) is 4.34. The van der Waals surface area contributed by atoms with Crippen molar-refractivity contribution in [2.24, 2.45) is 0 Å². The van der Waals surface area contributed by atoms with Crippen molar-refractivity contribution in [3.05, 3.63) is 44.4 Å². The Balaban J connectivity index is 2.96. The van der Waals surface area contributed by atoms with Crippen LogP contribution in [0.5, 0.6) is 0 Å². The lowest BCUT2D eigenvalue weighted by molar-refractivity contribution is 0.623. The fourth-order valence-electron chi connectivity index (χ4n) is 1.30. The van der Waals surface area contributed by atoms with Crippen molar-refractivity contribution in [3.8, 4) is 6.07 Å². The zero-order chi connectivity index (χ0) is 11.0. The number of benzene rings is 1. The molecular formula is C10H4BrFN2O. The van der Waals surface area contributed by atoms with Gasteiger partial charge in [-0.3, -0.25) is 4.79 Å². The lowest BCUT2D eigenvalue weighted by atomic mass is 10.1. The molecule has 0 aliphatic rings. The molecule has 0 fully saturated rings. The largest absolute Gasteiger partial charge is 0.360 e. The van der Waals surface area contributed by atoms with Gasteiger partial charge < -0.3 is 4.98 Å². The standard InChI is InChI=1S/C10H4BrFN2O/c11-7-1-6-9(2-8(7)12)14-4-5(3-13)10(6)15/h1-2,4H,(H,14,15). The van der Waals surface area contributed by atoms with E-state index in [0.29, 0.717) is 10.9 Å². The van der Waals surface area contributed by atoms with Crippen molar-refractivity contribution >= 4 is 26.8 Å². The molecule has 0 radical (unpaired) electrons. The number of rotatable bonds is 0. The summed E-state index contributed by atoms with van der Waals surface area (Å²) in [5.74, 6) is -0.456. The predicted molar refractivity (Wildman–Crippen MR) is 56.9 cm³/mol. The Bertz CT molecular complexity index is 642. The second kappa shape index (κ2) is 3.48. The Morgan fingerprint density at radius 1 is 1.47 bits per heavy atom. The molecule has 0 unspecified atom stereocenters. The molecule has 0 atom stereocenters. The minimum Gasteiger partial charge on any atom is -0.360 e. The first-order chi connectivity index (χ1) is 7.13. The van der Waals surface area contributed by atoms with Gasteiger partial charge >= 0.3 is 0 Å². The van der Waals surface area contributed by atoms with Gasteiger partial charge in [-0.25, -0.2) is 4.39 Å². The summed E-state index contributed by atoms with van der Waals surface area (Å²) in [7, 11) is 0. The van der Waals surface area contributed by atoms with Gasteiger partial charge in [0.25, 0.3) is 0 Å². The highest BCUT2D eigenvalue weighted by molar-refractivity contribution is 9.10. The zero-order valence-corrected chi connectivity index (χ0v) is 8.93. The summed E-state index contributed by atoms with van der Waals surface area (Å²) in [6.45, 7) is 0. The van der Waals surface area contributed by atoms with E-state index in [9.17, 15) is 9.18 Å². The third-order valence-corrected chi connectivity index (χ3v) is 2.65. The molecule has 1 heterocycles. The van der Waals surface area contributed by atoms with E-state index >= 15 is 0 Å². The summed E-state index contributed by atoms with van der Waals surface area (Å²) in [6.07, 6.45) is 1.28. The van der Waals surface area contributed by atoms with Crippen molar-refractivity contribution in [2.75, 3.05) is 0 Å². The van der Waals surface area contributed by atoms with Gasteiger partial charge in [-0.15, -0.1) is 0 Å². The Kier molecular flexibility index (Phi) is 2.29. The Morgan fingerprint density at radius 2 is 2.20 bits per heavy atom. The predicted octanol–water partition coefficient (Wildman–Crippen LogP) is 2.30. The zero-order valence-electron chi connectivity index (χ0n) is 7.34. The number of halogens is 2. The molecule has 0 aliphatic carbocycles. The van der Waals surface area contributed by atoms with Gasteiger partial charge in [0.2, 0.25) is 5.43 Å². The van der Waals surface area contributed by atoms with E-state index in [1.54, 1.807) is 6.07 Å². The van der Waals surface area contributed by atoms with Crippen LogP contribution in [0.3, 0.4) is 0 Å². The first kappa shape index (κ1) is 9.87. The minimum absolute atomic E-state index is 0.0148. The molecule has 3 nitrogen and oxygen atoms in total. The van der Waals surface area contributed by atoms with E-state index < -0.39 is 11.2 Å². The monoisotopic (exact) mass is 266 g/mol. The van der Waals surface area contributed by atoms with Crippen LogP contribution in [0.1, 0.15) is 5.56 Å². The van der Waals surface area contributed by atoms with Crippen molar-refractivity contribution in [2.45, 2.75) is 0 Å². The van der Waals surface area contributed by atoms with Gasteiger partial charge in [0.1, 0.15) is 17.4 Å². The lowest BCUT2D eigenvalue weighted by Crippen LogP contribution is -2.07. The Hall–Kier alpha value is -1.67. The van der Waals surface area contributed by atoms with Crippen molar-refractivity contribution in [1.29, 1.82) is 5.26 Å². The van der Waals surface area contributed by atoms with Crippen LogP contribution in [0, 0.1) is 17.1 Å². The number of nitrogens with zero attached hydrogens (tertiary/aromatic N) is 1. The molecule has 1 N–H and O–H groups in total. The first-order valence-electron chi connectivity index (χ1n) is 4.04. The maximum atomic E-state index is 13.1. The number of nitrogens with one attached hydrogen (secondary N) is 1. The van der Waals surface area contributed by atoms with Gasteiger partial charge in [0.15, 0.2) is 0 Å². The van der Waals surface area contributed by atoms with Crippen LogP contribution in [-0.2, 0) is 0 Å². The van der Waals surface area contributed by atoms with Crippen LogP contribution >= 0.6 is 15.9 Å². The maximum Gasteiger partial charge on any atom is 0.207 e. The number of aromatic nitrogens is 1. The number of hydrogen-bond acceptors (Lipinski definition) is 2. The number of pyridine rings is 1. The highest BCUT2D eigenvalue weighted by Crippen LogP contribution is 2.19. The van der Waals surface area contributed by atoms with E-state index in [2.05, 4.69) is 20.9 Å². The molecule has 2 aromatic rings. The van der Waals surface area contributed by atoms with E-state index in [-0.39, 0.29) is 10.0 Å². The number of H-pyrrole nitrogens is 1. The second-order valence-corrected chi connectivity index (χ2v) is 3.81. The van der Waals surface area contributed by atoms with Gasteiger partial charge in [-0.05, 0) is 28.1 Å². The number of aromatic amines is 1. The third-order valence-electron chi connectivity index (χ3n) is 2.04. The summed E-state index contributed by atoms with van der Waals surface area (Å²) in [5.41, 5.74) is -0.00680. The van der Waals surface area contributed by atoms with E-state index in [4.69, 9.17) is 5.26 Å². The van der Waals surface area contributed by atoms with Gasteiger partial charge in [0, 0.05) is 11.6 Å². The van der Waals surface area contributed by atoms with Crippen LogP contribution in [0.4, 0.5) is 4.39 Å².